The molecule has 0 aliphatic heterocycles. The van der Waals surface area contributed by atoms with E-state index in [1.165, 1.54) is 19.1 Å². The molecule has 0 saturated heterocycles. The van der Waals surface area contributed by atoms with E-state index >= 15 is 0 Å². The van der Waals surface area contributed by atoms with Crippen molar-refractivity contribution >= 4 is 5.78 Å². The van der Waals surface area contributed by atoms with Gasteiger partial charge in [-0.25, -0.2) is 4.39 Å². The van der Waals surface area contributed by atoms with Gasteiger partial charge in [-0.3, -0.25) is 4.79 Å². The van der Waals surface area contributed by atoms with Crippen LogP contribution in [0.3, 0.4) is 0 Å². The number of ketones is 1. The maximum atomic E-state index is 13.5. The predicted octanol–water partition coefficient (Wildman–Crippen LogP) is 3.61. The Hall–Kier alpha value is -2.16. The van der Waals surface area contributed by atoms with Gasteiger partial charge in [-0.2, -0.15) is 0 Å². The molecule has 2 nitrogen and oxygen atoms in total. The number of benzene rings is 2. The van der Waals surface area contributed by atoms with Crippen LogP contribution in [-0.4, -0.2) is 5.78 Å². The molecule has 0 unspecified atom stereocenters. The van der Waals surface area contributed by atoms with Gasteiger partial charge in [0.25, 0.3) is 0 Å². The summed E-state index contributed by atoms with van der Waals surface area (Å²) in [5.41, 5.74) is 1.09. The number of carbonyl (C=O) groups is 1. The van der Waals surface area contributed by atoms with Gasteiger partial charge in [0.05, 0.1) is 5.56 Å². The molecule has 0 aliphatic carbocycles. The molecule has 0 N–H and O–H groups in total. The highest BCUT2D eigenvalue weighted by molar-refractivity contribution is 5.94. The number of halogens is 1. The fraction of sp³-hybridized carbons (Fsp3) is 0.133. The minimum absolute atomic E-state index is 0.0852. The zero-order valence-electron chi connectivity index (χ0n) is 10.0. The zero-order valence-corrected chi connectivity index (χ0v) is 10.0. The van der Waals surface area contributed by atoms with Crippen LogP contribution in [-0.2, 0) is 6.61 Å². The summed E-state index contributed by atoms with van der Waals surface area (Å²) >= 11 is 0. The highest BCUT2D eigenvalue weighted by Crippen LogP contribution is 2.18. The average molecular weight is 244 g/mol. The Morgan fingerprint density at radius 3 is 2.50 bits per heavy atom. The van der Waals surface area contributed by atoms with Crippen LogP contribution in [0.5, 0.6) is 5.75 Å². The lowest BCUT2D eigenvalue weighted by atomic mass is 10.1. The second-order valence-electron chi connectivity index (χ2n) is 3.97. The molecule has 3 heteroatoms. The predicted molar refractivity (Wildman–Crippen MR) is 67.2 cm³/mol. The van der Waals surface area contributed by atoms with Crippen LogP contribution in [0.1, 0.15) is 22.8 Å². The first kappa shape index (κ1) is 12.3. The summed E-state index contributed by atoms with van der Waals surface area (Å²) in [5.74, 6) is -0.420. The smallest absolute Gasteiger partial charge is 0.162 e. The molecule has 0 radical (unpaired) electrons. The highest BCUT2D eigenvalue weighted by atomic mass is 19.1. The van der Waals surface area contributed by atoms with Crippen molar-refractivity contribution in [3.8, 4) is 5.75 Å². The molecule has 0 heterocycles. The van der Waals surface area contributed by atoms with Gasteiger partial charge in [-0.15, -0.1) is 0 Å². The third kappa shape index (κ3) is 2.94. The van der Waals surface area contributed by atoms with Crippen molar-refractivity contribution in [2.75, 3.05) is 0 Å². The normalized spacial score (nSPS) is 10.1. The van der Waals surface area contributed by atoms with Gasteiger partial charge in [-0.1, -0.05) is 30.3 Å². The second-order valence-corrected chi connectivity index (χ2v) is 3.97. The molecule has 0 atom stereocenters. The topological polar surface area (TPSA) is 26.3 Å². The van der Waals surface area contributed by atoms with Gasteiger partial charge in [0.15, 0.2) is 5.78 Å². The Morgan fingerprint density at radius 1 is 1.17 bits per heavy atom. The SMILES string of the molecule is CC(=O)c1ccc(OCc2ccccc2)cc1F. The van der Waals surface area contributed by atoms with Crippen molar-refractivity contribution in [3.63, 3.8) is 0 Å². The molecular formula is C15H13FO2. The Labute approximate surface area is 105 Å². The number of hydrogen-bond acceptors (Lipinski definition) is 2. The van der Waals surface area contributed by atoms with Crippen LogP contribution in [0.4, 0.5) is 4.39 Å². The molecule has 2 aromatic carbocycles. The molecule has 0 aromatic heterocycles. The van der Waals surface area contributed by atoms with Crippen LogP contribution < -0.4 is 4.74 Å². The lowest BCUT2D eigenvalue weighted by Crippen LogP contribution is -1.99. The average Bonchev–Trinajstić information content (AvgIpc) is 2.37. The van der Waals surface area contributed by atoms with E-state index in [1.807, 2.05) is 30.3 Å². The lowest BCUT2D eigenvalue weighted by molar-refractivity contribution is 0.101. The van der Waals surface area contributed by atoms with E-state index in [1.54, 1.807) is 6.07 Å². The van der Waals surface area contributed by atoms with Gasteiger partial charge >= 0.3 is 0 Å². The monoisotopic (exact) mass is 244 g/mol. The third-order valence-corrected chi connectivity index (χ3v) is 2.57. The maximum Gasteiger partial charge on any atom is 0.162 e. The van der Waals surface area contributed by atoms with Crippen LogP contribution in [0, 0.1) is 5.82 Å². The summed E-state index contributed by atoms with van der Waals surface area (Å²) in [6.07, 6.45) is 0. The first-order valence-corrected chi connectivity index (χ1v) is 5.64. The number of carbonyl (C=O) groups excluding carboxylic acids is 1. The summed E-state index contributed by atoms with van der Waals surface area (Å²) in [4.78, 5) is 11.1. The first-order valence-electron chi connectivity index (χ1n) is 5.64. The summed E-state index contributed by atoms with van der Waals surface area (Å²) < 4.78 is 19.0. The minimum Gasteiger partial charge on any atom is -0.489 e. The molecule has 0 saturated carbocycles. The largest absolute Gasteiger partial charge is 0.489 e. The molecule has 0 spiro atoms. The number of rotatable bonds is 4. The fourth-order valence-corrected chi connectivity index (χ4v) is 1.61. The van der Waals surface area contributed by atoms with Gasteiger partial charge in [-0.05, 0) is 24.6 Å². The van der Waals surface area contributed by atoms with Gasteiger partial charge in [0.2, 0.25) is 0 Å². The summed E-state index contributed by atoms with van der Waals surface area (Å²) in [6.45, 7) is 1.71. The van der Waals surface area contributed by atoms with Gasteiger partial charge < -0.3 is 4.74 Å². The van der Waals surface area contributed by atoms with Crippen LogP contribution in [0.25, 0.3) is 0 Å². The first-order chi connectivity index (χ1) is 8.66. The fourth-order valence-electron chi connectivity index (χ4n) is 1.61. The van der Waals surface area contributed by atoms with Gasteiger partial charge in [0, 0.05) is 6.07 Å². The number of Topliss-reactive ketones (excluding diaryl/α,β-unsaturated/α-hetero) is 1. The molecule has 0 bridgehead atoms. The van der Waals surface area contributed by atoms with Crippen LogP contribution in [0.15, 0.2) is 48.5 Å². The molecule has 0 fully saturated rings. The number of ether oxygens (including phenoxy) is 1. The van der Waals surface area contributed by atoms with Crippen molar-refractivity contribution in [2.24, 2.45) is 0 Å². The molecule has 92 valence electrons. The van der Waals surface area contributed by atoms with Crippen molar-refractivity contribution in [1.29, 1.82) is 0 Å². The van der Waals surface area contributed by atoms with E-state index in [2.05, 4.69) is 0 Å². The Kier molecular flexibility index (Phi) is 3.72. The van der Waals surface area contributed by atoms with Crippen molar-refractivity contribution < 1.29 is 13.9 Å². The molecule has 18 heavy (non-hydrogen) atoms. The van der Waals surface area contributed by atoms with Crippen molar-refractivity contribution in [3.05, 3.63) is 65.5 Å². The zero-order chi connectivity index (χ0) is 13.0. The van der Waals surface area contributed by atoms with Crippen LogP contribution in [0.2, 0.25) is 0 Å². The summed E-state index contributed by atoms with van der Waals surface area (Å²) in [5, 5.41) is 0. The molecule has 0 amide bonds. The minimum atomic E-state index is -0.548. The Balaban J connectivity index is 2.07. The Morgan fingerprint density at radius 2 is 1.89 bits per heavy atom. The summed E-state index contributed by atoms with van der Waals surface area (Å²) in [7, 11) is 0. The highest BCUT2D eigenvalue weighted by Gasteiger charge is 2.08. The molecule has 0 aliphatic rings. The van der Waals surface area contributed by atoms with E-state index in [4.69, 9.17) is 4.74 Å². The van der Waals surface area contributed by atoms with Crippen molar-refractivity contribution in [2.45, 2.75) is 13.5 Å². The summed E-state index contributed by atoms with van der Waals surface area (Å²) in [6, 6.07) is 13.9. The maximum absolute atomic E-state index is 13.5. The standard InChI is InChI=1S/C15H13FO2/c1-11(17)14-8-7-13(9-15(14)16)18-10-12-5-3-2-4-6-12/h2-9H,10H2,1H3. The van der Waals surface area contributed by atoms with E-state index < -0.39 is 5.82 Å². The van der Waals surface area contributed by atoms with Gasteiger partial charge in [0.1, 0.15) is 18.2 Å². The Bertz CT molecular complexity index is 550. The lowest BCUT2D eigenvalue weighted by Gasteiger charge is -2.07. The van der Waals surface area contributed by atoms with E-state index in [9.17, 15) is 9.18 Å². The second kappa shape index (κ2) is 5.45. The quantitative estimate of drug-likeness (QED) is 0.768. The molecule has 2 rings (SSSR count). The van der Waals surface area contributed by atoms with E-state index in [0.29, 0.717) is 12.4 Å². The van der Waals surface area contributed by atoms with E-state index in [-0.39, 0.29) is 11.3 Å². The molecular weight excluding hydrogens is 231 g/mol. The number of hydrogen-bond donors (Lipinski definition) is 0. The van der Waals surface area contributed by atoms with Crippen LogP contribution >= 0.6 is 0 Å². The van der Waals surface area contributed by atoms with E-state index in [0.717, 1.165) is 5.56 Å². The van der Waals surface area contributed by atoms with Crippen molar-refractivity contribution in [1.82, 2.24) is 0 Å². The third-order valence-electron chi connectivity index (χ3n) is 2.57. The molecule has 2 aromatic rings.